The molecule has 1 unspecified atom stereocenters. The fraction of sp³-hybridized carbons (Fsp3) is 0.297. The summed E-state index contributed by atoms with van der Waals surface area (Å²) in [5, 5.41) is 3.40. The molecule has 0 aliphatic carbocycles. The first-order valence-corrected chi connectivity index (χ1v) is 17.6. The molecular formula is C37H42ClN3O6S. The number of sulfonamides is 1. The Bertz CT molecular complexity index is 1770. The monoisotopic (exact) mass is 691 g/mol. The highest BCUT2D eigenvalue weighted by Gasteiger charge is 2.35. The molecule has 0 bridgehead atoms. The molecule has 0 fully saturated rings. The zero-order valence-corrected chi connectivity index (χ0v) is 29.3. The molecule has 4 aromatic rings. The Kier molecular flexibility index (Phi) is 12.9. The van der Waals surface area contributed by atoms with Crippen molar-refractivity contribution in [3.63, 3.8) is 0 Å². The number of carbonyl (C=O) groups is 2. The van der Waals surface area contributed by atoms with Crippen LogP contribution in [0.25, 0.3) is 0 Å². The van der Waals surface area contributed by atoms with Crippen LogP contribution in [0.4, 0.5) is 5.69 Å². The Morgan fingerprint density at radius 1 is 0.854 bits per heavy atom. The van der Waals surface area contributed by atoms with Gasteiger partial charge in [-0.2, -0.15) is 0 Å². The summed E-state index contributed by atoms with van der Waals surface area (Å²) in [5.41, 5.74) is 2.94. The summed E-state index contributed by atoms with van der Waals surface area (Å²) in [5.74, 6) is -0.295. The van der Waals surface area contributed by atoms with Crippen molar-refractivity contribution >= 4 is 39.1 Å². The van der Waals surface area contributed by atoms with E-state index in [-0.39, 0.29) is 35.2 Å². The third kappa shape index (κ3) is 9.29. The van der Waals surface area contributed by atoms with E-state index in [4.69, 9.17) is 21.1 Å². The molecule has 0 spiro atoms. The van der Waals surface area contributed by atoms with Crippen LogP contribution in [0, 0.1) is 6.92 Å². The molecular weight excluding hydrogens is 650 g/mol. The van der Waals surface area contributed by atoms with E-state index in [0.717, 1.165) is 33.8 Å². The number of amides is 2. The number of nitrogens with one attached hydrogen (secondary N) is 1. The number of benzene rings is 4. The van der Waals surface area contributed by atoms with E-state index in [1.54, 1.807) is 12.1 Å². The lowest BCUT2D eigenvalue weighted by atomic mass is 10.0. The highest BCUT2D eigenvalue weighted by molar-refractivity contribution is 7.92. The average Bonchev–Trinajstić information content (AvgIpc) is 3.10. The minimum absolute atomic E-state index is 0.0860. The van der Waals surface area contributed by atoms with Gasteiger partial charge in [0.1, 0.15) is 12.6 Å². The topological polar surface area (TPSA) is 105 Å². The Labute approximate surface area is 288 Å². The number of anilines is 1. The quantitative estimate of drug-likeness (QED) is 0.136. The summed E-state index contributed by atoms with van der Waals surface area (Å²) in [4.78, 5) is 29.9. The van der Waals surface area contributed by atoms with Gasteiger partial charge in [-0.1, -0.05) is 85.1 Å². The van der Waals surface area contributed by atoms with E-state index in [2.05, 4.69) is 5.32 Å². The van der Waals surface area contributed by atoms with Gasteiger partial charge in [0.15, 0.2) is 11.5 Å². The predicted octanol–water partition coefficient (Wildman–Crippen LogP) is 6.42. The average molecular weight is 692 g/mol. The maximum atomic E-state index is 14.6. The van der Waals surface area contributed by atoms with Gasteiger partial charge in [-0.15, -0.1) is 0 Å². The van der Waals surface area contributed by atoms with Gasteiger partial charge in [0.05, 0.1) is 24.8 Å². The van der Waals surface area contributed by atoms with Crippen LogP contribution in [0.15, 0.2) is 102 Å². The van der Waals surface area contributed by atoms with Crippen molar-refractivity contribution in [1.82, 2.24) is 10.2 Å². The molecule has 0 radical (unpaired) electrons. The maximum Gasteiger partial charge on any atom is 0.264 e. The number of rotatable bonds is 16. The lowest BCUT2D eigenvalue weighted by Gasteiger charge is -2.34. The first kappa shape index (κ1) is 36.3. The van der Waals surface area contributed by atoms with E-state index in [1.807, 2.05) is 68.4 Å². The molecule has 4 aromatic carbocycles. The number of carbonyl (C=O) groups excluding carboxylic acids is 2. The second kappa shape index (κ2) is 17.0. The molecule has 254 valence electrons. The standard InChI is InChI=1S/C37H42ClN3O6S/c1-5-6-22-39-37(43)33(23-28-10-8-7-9-11-28)40(25-29-14-12-27(2)13-15-29)36(42)26-41(31-18-16-30(38)17-19-31)48(44,45)32-20-21-34(46-3)35(24-32)47-4/h7-21,24,33H,5-6,22-23,25-26H2,1-4H3,(H,39,43). The molecule has 0 aliphatic rings. The summed E-state index contributed by atoms with van der Waals surface area (Å²) in [6, 6.07) is 26.7. The number of methoxy groups -OCH3 is 2. The molecule has 0 heterocycles. The second-order valence-corrected chi connectivity index (χ2v) is 13.7. The molecule has 0 aliphatic heterocycles. The first-order chi connectivity index (χ1) is 23.1. The van der Waals surface area contributed by atoms with Gasteiger partial charge in [-0.3, -0.25) is 13.9 Å². The maximum absolute atomic E-state index is 14.6. The fourth-order valence-electron chi connectivity index (χ4n) is 5.19. The Morgan fingerprint density at radius 3 is 2.15 bits per heavy atom. The number of unbranched alkanes of at least 4 members (excludes halogenated alkanes) is 1. The van der Waals surface area contributed by atoms with Crippen molar-refractivity contribution in [2.75, 3.05) is 31.6 Å². The van der Waals surface area contributed by atoms with Crippen LogP contribution < -0.4 is 19.1 Å². The van der Waals surface area contributed by atoms with E-state index in [1.165, 1.54) is 49.5 Å². The van der Waals surface area contributed by atoms with E-state index >= 15 is 0 Å². The lowest BCUT2D eigenvalue weighted by molar-refractivity contribution is -0.140. The number of aryl methyl sites for hydroxylation is 1. The van der Waals surface area contributed by atoms with Crippen LogP contribution in [0.5, 0.6) is 11.5 Å². The molecule has 2 amide bonds. The molecule has 0 aromatic heterocycles. The molecule has 9 nitrogen and oxygen atoms in total. The normalized spacial score (nSPS) is 11.8. The molecule has 48 heavy (non-hydrogen) atoms. The Morgan fingerprint density at radius 2 is 1.52 bits per heavy atom. The number of ether oxygens (including phenoxy) is 2. The summed E-state index contributed by atoms with van der Waals surface area (Å²) < 4.78 is 40.4. The molecule has 0 saturated carbocycles. The largest absolute Gasteiger partial charge is 0.493 e. The SMILES string of the molecule is CCCCNC(=O)C(Cc1ccccc1)N(Cc1ccc(C)cc1)C(=O)CN(c1ccc(Cl)cc1)S(=O)(=O)c1ccc(OC)c(OC)c1. The predicted molar refractivity (Wildman–Crippen MR) is 189 cm³/mol. The van der Waals surface area contributed by atoms with Crippen molar-refractivity contribution < 1.29 is 27.5 Å². The number of nitrogens with zero attached hydrogens (tertiary/aromatic N) is 2. The van der Waals surface area contributed by atoms with Crippen LogP contribution in [-0.4, -0.2) is 58.5 Å². The zero-order chi connectivity index (χ0) is 34.7. The number of hydrogen-bond acceptors (Lipinski definition) is 6. The van der Waals surface area contributed by atoms with Crippen molar-refractivity contribution in [3.05, 3.63) is 119 Å². The van der Waals surface area contributed by atoms with Gasteiger partial charge in [0.2, 0.25) is 11.8 Å². The second-order valence-electron chi connectivity index (χ2n) is 11.4. The third-order valence-electron chi connectivity index (χ3n) is 7.91. The van der Waals surface area contributed by atoms with Crippen LogP contribution in [-0.2, 0) is 32.6 Å². The van der Waals surface area contributed by atoms with Gasteiger partial charge >= 0.3 is 0 Å². The zero-order valence-electron chi connectivity index (χ0n) is 27.7. The van der Waals surface area contributed by atoms with Crippen molar-refractivity contribution in [2.24, 2.45) is 0 Å². The van der Waals surface area contributed by atoms with Gasteiger partial charge in [0.25, 0.3) is 10.0 Å². The third-order valence-corrected chi connectivity index (χ3v) is 9.93. The number of halogens is 1. The van der Waals surface area contributed by atoms with Crippen LogP contribution in [0.2, 0.25) is 5.02 Å². The van der Waals surface area contributed by atoms with Gasteiger partial charge in [-0.25, -0.2) is 8.42 Å². The molecule has 4 rings (SSSR count). The van der Waals surface area contributed by atoms with Gasteiger partial charge in [-0.05, 0) is 60.9 Å². The van der Waals surface area contributed by atoms with Gasteiger partial charge in [0, 0.05) is 30.6 Å². The minimum Gasteiger partial charge on any atom is -0.493 e. The highest BCUT2D eigenvalue weighted by Crippen LogP contribution is 2.33. The Balaban J connectivity index is 1.80. The van der Waals surface area contributed by atoms with Gasteiger partial charge < -0.3 is 19.7 Å². The minimum atomic E-state index is -4.35. The molecule has 11 heteroatoms. The fourth-order valence-corrected chi connectivity index (χ4v) is 6.75. The molecule has 1 N–H and O–H groups in total. The summed E-state index contributed by atoms with van der Waals surface area (Å²) in [7, 11) is -1.48. The summed E-state index contributed by atoms with van der Waals surface area (Å²) >= 11 is 6.17. The molecule has 0 saturated heterocycles. The highest BCUT2D eigenvalue weighted by atomic mass is 35.5. The smallest absolute Gasteiger partial charge is 0.264 e. The van der Waals surface area contributed by atoms with Crippen molar-refractivity contribution in [1.29, 1.82) is 0 Å². The van der Waals surface area contributed by atoms with Crippen molar-refractivity contribution in [2.45, 2.75) is 50.6 Å². The van der Waals surface area contributed by atoms with Crippen LogP contribution in [0.3, 0.4) is 0 Å². The summed E-state index contributed by atoms with van der Waals surface area (Å²) in [6.45, 7) is 3.96. The molecule has 1 atom stereocenters. The van der Waals surface area contributed by atoms with Crippen LogP contribution in [0.1, 0.15) is 36.5 Å². The van der Waals surface area contributed by atoms with Crippen LogP contribution >= 0.6 is 11.6 Å². The van der Waals surface area contributed by atoms with Crippen molar-refractivity contribution in [3.8, 4) is 11.5 Å². The Hall–Kier alpha value is -4.54. The lowest BCUT2D eigenvalue weighted by Crippen LogP contribution is -2.53. The van der Waals surface area contributed by atoms with E-state index in [9.17, 15) is 18.0 Å². The van der Waals surface area contributed by atoms with E-state index in [0.29, 0.717) is 17.3 Å². The van der Waals surface area contributed by atoms with E-state index < -0.39 is 28.5 Å². The first-order valence-electron chi connectivity index (χ1n) is 15.7. The summed E-state index contributed by atoms with van der Waals surface area (Å²) in [6.07, 6.45) is 1.91. The number of hydrogen-bond donors (Lipinski definition) is 1.